The Balaban J connectivity index is 1.56. The molecule has 156 valence electrons. The van der Waals surface area contributed by atoms with Crippen LogP contribution >= 0.6 is 0 Å². The number of ether oxygens (including phenoxy) is 3. The molecule has 1 amide bonds. The van der Waals surface area contributed by atoms with Crippen LogP contribution in [0, 0.1) is 12.3 Å². The van der Waals surface area contributed by atoms with Crippen molar-refractivity contribution in [3.8, 4) is 12.3 Å². The molecule has 2 aliphatic heterocycles. The van der Waals surface area contributed by atoms with E-state index in [1.165, 1.54) is 0 Å². The van der Waals surface area contributed by atoms with E-state index in [0.717, 1.165) is 5.56 Å². The summed E-state index contributed by atoms with van der Waals surface area (Å²) in [5.74, 6) is 0.496. The molecule has 0 radical (unpaired) electrons. The lowest BCUT2D eigenvalue weighted by atomic mass is 10.1. The van der Waals surface area contributed by atoms with E-state index in [0.29, 0.717) is 13.1 Å². The number of nitrogens with one attached hydrogen (secondary N) is 2. The predicted octanol–water partition coefficient (Wildman–Crippen LogP) is 0.901. The molecule has 0 unspecified atom stereocenters. The van der Waals surface area contributed by atoms with Crippen LogP contribution in [0.4, 0.5) is 0 Å². The van der Waals surface area contributed by atoms with E-state index in [4.69, 9.17) is 25.7 Å². The van der Waals surface area contributed by atoms with Gasteiger partial charge in [-0.1, -0.05) is 18.1 Å². The quantitative estimate of drug-likeness (QED) is 0.555. The number of carbonyl (C=O) groups excluding carboxylic acids is 1. The van der Waals surface area contributed by atoms with Crippen molar-refractivity contribution in [1.82, 2.24) is 10.6 Å². The topological polar surface area (TPSA) is 106 Å². The van der Waals surface area contributed by atoms with Crippen LogP contribution in [0.5, 0.6) is 0 Å². The molecule has 0 saturated carbocycles. The largest absolute Gasteiger partial charge is 0.478 e. The highest BCUT2D eigenvalue weighted by atomic mass is 16.8. The first-order chi connectivity index (χ1) is 13.8. The number of carboxylic acid groups (broad SMARTS) is 1. The maximum atomic E-state index is 12.0. The Morgan fingerprint density at radius 1 is 1.17 bits per heavy atom. The molecule has 0 aliphatic carbocycles. The van der Waals surface area contributed by atoms with Crippen molar-refractivity contribution in [3.05, 3.63) is 35.4 Å². The third kappa shape index (κ3) is 5.34. The molecule has 0 aromatic heterocycles. The Kier molecular flexibility index (Phi) is 6.55. The lowest BCUT2D eigenvalue weighted by Crippen LogP contribution is -2.37. The fourth-order valence-corrected chi connectivity index (χ4v) is 3.63. The number of carboxylic acids is 1. The van der Waals surface area contributed by atoms with E-state index < -0.39 is 17.9 Å². The van der Waals surface area contributed by atoms with Gasteiger partial charge >= 0.3 is 5.97 Å². The molecular weight excluding hydrogens is 376 g/mol. The van der Waals surface area contributed by atoms with Gasteiger partial charge in [0, 0.05) is 13.1 Å². The Labute approximate surface area is 169 Å². The Bertz CT molecular complexity index is 785. The molecule has 2 heterocycles. The third-order valence-electron chi connectivity index (χ3n) is 4.90. The molecule has 1 aromatic carbocycles. The zero-order chi connectivity index (χ0) is 21.0. The highest BCUT2D eigenvalue weighted by molar-refractivity contribution is 5.87. The van der Waals surface area contributed by atoms with Crippen molar-refractivity contribution >= 4 is 11.9 Å². The van der Waals surface area contributed by atoms with Crippen molar-refractivity contribution < 1.29 is 28.9 Å². The fourth-order valence-electron chi connectivity index (χ4n) is 3.63. The lowest BCUT2D eigenvalue weighted by molar-refractivity contribution is -0.187. The van der Waals surface area contributed by atoms with E-state index >= 15 is 0 Å². The minimum Gasteiger partial charge on any atom is -0.478 e. The third-order valence-corrected chi connectivity index (χ3v) is 4.90. The summed E-state index contributed by atoms with van der Waals surface area (Å²) in [6.45, 7) is 4.91. The molecule has 29 heavy (non-hydrogen) atoms. The molecule has 2 fully saturated rings. The summed E-state index contributed by atoms with van der Waals surface area (Å²) < 4.78 is 18.0. The summed E-state index contributed by atoms with van der Waals surface area (Å²) in [6.07, 6.45) is 4.03. The number of terminal acetylenes is 1. The lowest BCUT2D eigenvalue weighted by Gasteiger charge is -2.24. The molecule has 2 aliphatic rings. The van der Waals surface area contributed by atoms with Gasteiger partial charge in [-0.15, -0.1) is 6.42 Å². The SMILES string of the molecule is C#CCNC(=O)C[C@@H]1O[C@H](CNCc2ccc(C(=O)O)cc2)[C@H]2OC(C)(C)O[C@@H]21. The summed E-state index contributed by atoms with van der Waals surface area (Å²) in [5.41, 5.74) is 1.21. The van der Waals surface area contributed by atoms with Gasteiger partial charge in [-0.25, -0.2) is 4.79 Å². The van der Waals surface area contributed by atoms with Crippen molar-refractivity contribution in [3.63, 3.8) is 0 Å². The minimum atomic E-state index is -0.951. The highest BCUT2D eigenvalue weighted by Gasteiger charge is 2.55. The van der Waals surface area contributed by atoms with E-state index in [1.807, 2.05) is 13.8 Å². The summed E-state index contributed by atoms with van der Waals surface area (Å²) in [7, 11) is 0. The highest BCUT2D eigenvalue weighted by Crippen LogP contribution is 2.39. The van der Waals surface area contributed by atoms with Gasteiger partial charge in [-0.2, -0.15) is 0 Å². The molecule has 0 bridgehead atoms. The Morgan fingerprint density at radius 3 is 2.45 bits per heavy atom. The zero-order valence-electron chi connectivity index (χ0n) is 16.5. The molecule has 2 saturated heterocycles. The number of hydrogen-bond acceptors (Lipinski definition) is 6. The predicted molar refractivity (Wildman–Crippen MR) is 104 cm³/mol. The first-order valence-corrected chi connectivity index (χ1v) is 9.53. The smallest absolute Gasteiger partial charge is 0.335 e. The van der Waals surface area contributed by atoms with E-state index in [9.17, 15) is 9.59 Å². The van der Waals surface area contributed by atoms with Crippen LogP contribution in [-0.2, 0) is 25.5 Å². The van der Waals surface area contributed by atoms with Crippen molar-refractivity contribution in [2.24, 2.45) is 0 Å². The monoisotopic (exact) mass is 402 g/mol. The van der Waals surface area contributed by atoms with Gasteiger partial charge in [0.2, 0.25) is 5.91 Å². The molecule has 3 rings (SSSR count). The number of rotatable bonds is 8. The average Bonchev–Trinajstić information content (AvgIpc) is 3.14. The van der Waals surface area contributed by atoms with Crippen LogP contribution in [-0.4, -0.2) is 60.3 Å². The molecule has 1 aromatic rings. The normalized spacial score (nSPS) is 27.2. The van der Waals surface area contributed by atoms with Crippen LogP contribution in [0.2, 0.25) is 0 Å². The summed E-state index contributed by atoms with van der Waals surface area (Å²) in [4.78, 5) is 23.0. The number of hydrogen-bond donors (Lipinski definition) is 3. The molecule has 8 heteroatoms. The van der Waals surface area contributed by atoms with E-state index in [1.54, 1.807) is 24.3 Å². The van der Waals surface area contributed by atoms with Crippen LogP contribution in [0.15, 0.2) is 24.3 Å². The summed E-state index contributed by atoms with van der Waals surface area (Å²) in [5, 5.41) is 14.9. The molecule has 3 N–H and O–H groups in total. The molecular formula is C21H26N2O6. The van der Waals surface area contributed by atoms with Gasteiger partial charge in [0.25, 0.3) is 0 Å². The summed E-state index contributed by atoms with van der Waals surface area (Å²) >= 11 is 0. The number of carbonyl (C=O) groups is 2. The second-order valence-corrected chi connectivity index (χ2v) is 7.60. The van der Waals surface area contributed by atoms with Gasteiger partial charge in [0.15, 0.2) is 5.79 Å². The molecule has 8 nitrogen and oxygen atoms in total. The zero-order valence-corrected chi connectivity index (χ0v) is 16.5. The van der Waals surface area contributed by atoms with Crippen LogP contribution in [0.3, 0.4) is 0 Å². The van der Waals surface area contributed by atoms with Crippen LogP contribution < -0.4 is 10.6 Å². The minimum absolute atomic E-state index is 0.148. The summed E-state index contributed by atoms with van der Waals surface area (Å²) in [6, 6.07) is 6.68. The fraction of sp³-hybridized carbons (Fsp3) is 0.524. The molecule has 0 spiro atoms. The number of amides is 1. The first kappa shape index (κ1) is 21.3. The van der Waals surface area contributed by atoms with Gasteiger partial charge < -0.3 is 30.0 Å². The number of fused-ring (bicyclic) bond motifs is 1. The van der Waals surface area contributed by atoms with E-state index in [2.05, 4.69) is 16.6 Å². The van der Waals surface area contributed by atoms with Gasteiger partial charge in [0.05, 0.1) is 30.7 Å². The van der Waals surface area contributed by atoms with Crippen molar-refractivity contribution in [1.29, 1.82) is 0 Å². The van der Waals surface area contributed by atoms with Crippen molar-refractivity contribution in [2.45, 2.75) is 57.0 Å². The first-order valence-electron chi connectivity index (χ1n) is 9.53. The standard InChI is InChI=1S/C21H26N2O6/c1-4-9-23-17(24)10-15-18-19(29-21(2,3)28-18)16(27-15)12-22-11-13-5-7-14(8-6-13)20(25)26/h1,5-8,15-16,18-19,22H,9-12H2,2-3H3,(H,23,24)(H,25,26)/t15-,16+,18+,19+/m0/s1. The van der Waals surface area contributed by atoms with Gasteiger partial charge in [-0.3, -0.25) is 4.79 Å². The Morgan fingerprint density at radius 2 is 1.83 bits per heavy atom. The second kappa shape index (κ2) is 8.93. The maximum absolute atomic E-state index is 12.0. The van der Waals surface area contributed by atoms with Gasteiger partial charge in [-0.05, 0) is 31.5 Å². The van der Waals surface area contributed by atoms with Crippen LogP contribution in [0.25, 0.3) is 0 Å². The van der Waals surface area contributed by atoms with Crippen molar-refractivity contribution in [2.75, 3.05) is 13.1 Å². The van der Waals surface area contributed by atoms with Crippen LogP contribution in [0.1, 0.15) is 36.2 Å². The van der Waals surface area contributed by atoms with Gasteiger partial charge in [0.1, 0.15) is 12.2 Å². The number of aromatic carboxylic acids is 1. The van der Waals surface area contributed by atoms with E-state index in [-0.39, 0.29) is 42.7 Å². The second-order valence-electron chi connectivity index (χ2n) is 7.60. The maximum Gasteiger partial charge on any atom is 0.335 e. The number of benzene rings is 1. The molecule has 4 atom stereocenters. The Hall–Kier alpha value is -2.44. The average molecular weight is 402 g/mol.